The van der Waals surface area contributed by atoms with E-state index in [-0.39, 0.29) is 23.8 Å². The van der Waals surface area contributed by atoms with Crippen LogP contribution >= 0.6 is 0 Å². The Morgan fingerprint density at radius 3 is 2.50 bits per heavy atom. The van der Waals surface area contributed by atoms with Gasteiger partial charge in [0.15, 0.2) is 0 Å². The van der Waals surface area contributed by atoms with E-state index >= 15 is 0 Å². The largest absolute Gasteiger partial charge is 0.481 e. The monoisotopic (exact) mass is 253 g/mol. The normalized spacial score (nSPS) is 29.6. The maximum Gasteiger partial charge on any atom is 0.306 e. The summed E-state index contributed by atoms with van der Waals surface area (Å²) in [6, 6.07) is 0.232. The van der Waals surface area contributed by atoms with Crippen molar-refractivity contribution in [3.63, 3.8) is 0 Å². The molecule has 2 aliphatic rings. The SMILES string of the molecule is CC(CC1CC1)NC(=O)C1CCCC(C(=O)O)C1. The molecular weight excluding hydrogens is 230 g/mol. The van der Waals surface area contributed by atoms with E-state index in [9.17, 15) is 9.59 Å². The Labute approximate surface area is 108 Å². The highest BCUT2D eigenvalue weighted by Gasteiger charge is 2.32. The molecule has 0 saturated heterocycles. The van der Waals surface area contributed by atoms with Gasteiger partial charge in [0, 0.05) is 12.0 Å². The van der Waals surface area contributed by atoms with E-state index in [4.69, 9.17) is 5.11 Å². The highest BCUT2D eigenvalue weighted by molar-refractivity contribution is 5.80. The smallest absolute Gasteiger partial charge is 0.306 e. The second kappa shape index (κ2) is 5.72. The first-order chi connectivity index (χ1) is 8.56. The molecule has 2 aliphatic carbocycles. The summed E-state index contributed by atoms with van der Waals surface area (Å²) in [5.41, 5.74) is 0. The van der Waals surface area contributed by atoms with Crippen LogP contribution in [-0.4, -0.2) is 23.0 Å². The van der Waals surface area contributed by atoms with E-state index in [1.165, 1.54) is 12.8 Å². The van der Waals surface area contributed by atoms with Crippen LogP contribution in [0.4, 0.5) is 0 Å². The highest BCUT2D eigenvalue weighted by Crippen LogP contribution is 2.34. The summed E-state index contributed by atoms with van der Waals surface area (Å²) in [5.74, 6) is -0.305. The van der Waals surface area contributed by atoms with Crippen molar-refractivity contribution in [3.8, 4) is 0 Å². The van der Waals surface area contributed by atoms with Crippen LogP contribution in [0.1, 0.15) is 51.9 Å². The van der Waals surface area contributed by atoms with Crippen molar-refractivity contribution in [3.05, 3.63) is 0 Å². The second-order valence-electron chi connectivity index (χ2n) is 5.99. The quantitative estimate of drug-likeness (QED) is 0.789. The van der Waals surface area contributed by atoms with Crippen molar-refractivity contribution in [1.82, 2.24) is 5.32 Å². The molecule has 4 heteroatoms. The first-order valence-electron chi connectivity index (χ1n) is 7.09. The Hall–Kier alpha value is -1.06. The number of carbonyl (C=O) groups excluding carboxylic acids is 1. The van der Waals surface area contributed by atoms with E-state index in [1.807, 2.05) is 6.92 Å². The summed E-state index contributed by atoms with van der Waals surface area (Å²) in [4.78, 5) is 23.0. The average Bonchev–Trinajstić information content (AvgIpc) is 3.12. The van der Waals surface area contributed by atoms with Gasteiger partial charge >= 0.3 is 5.97 Å². The Kier molecular flexibility index (Phi) is 4.25. The molecule has 2 N–H and O–H groups in total. The average molecular weight is 253 g/mol. The number of hydrogen-bond acceptors (Lipinski definition) is 2. The lowest BCUT2D eigenvalue weighted by Crippen LogP contribution is -2.40. The van der Waals surface area contributed by atoms with Crippen molar-refractivity contribution in [2.45, 2.75) is 57.9 Å². The summed E-state index contributed by atoms with van der Waals surface area (Å²) < 4.78 is 0. The molecule has 3 unspecified atom stereocenters. The van der Waals surface area contributed by atoms with Crippen molar-refractivity contribution in [1.29, 1.82) is 0 Å². The van der Waals surface area contributed by atoms with Crippen LogP contribution in [0.2, 0.25) is 0 Å². The number of carbonyl (C=O) groups is 2. The van der Waals surface area contributed by atoms with Gasteiger partial charge in [0.25, 0.3) is 0 Å². The zero-order chi connectivity index (χ0) is 13.1. The number of amides is 1. The zero-order valence-electron chi connectivity index (χ0n) is 11.0. The molecule has 0 spiro atoms. The van der Waals surface area contributed by atoms with E-state index in [0.29, 0.717) is 6.42 Å². The predicted molar refractivity (Wildman–Crippen MR) is 68.0 cm³/mol. The molecule has 0 aromatic rings. The second-order valence-corrected chi connectivity index (χ2v) is 5.99. The van der Waals surface area contributed by atoms with Crippen LogP contribution in [0.5, 0.6) is 0 Å². The topological polar surface area (TPSA) is 66.4 Å². The number of aliphatic carboxylic acids is 1. The summed E-state index contributed by atoms with van der Waals surface area (Å²) in [6.07, 6.45) is 6.59. The summed E-state index contributed by atoms with van der Waals surface area (Å²) in [7, 11) is 0. The number of rotatable bonds is 5. The summed E-state index contributed by atoms with van der Waals surface area (Å²) in [5, 5.41) is 12.1. The minimum Gasteiger partial charge on any atom is -0.481 e. The van der Waals surface area contributed by atoms with Crippen LogP contribution in [0.15, 0.2) is 0 Å². The van der Waals surface area contributed by atoms with Gasteiger partial charge in [-0.3, -0.25) is 9.59 Å². The number of carboxylic acids is 1. The Balaban J connectivity index is 1.78. The molecule has 2 fully saturated rings. The summed E-state index contributed by atoms with van der Waals surface area (Å²) in [6.45, 7) is 2.05. The molecule has 2 rings (SSSR count). The van der Waals surface area contributed by atoms with Crippen LogP contribution < -0.4 is 5.32 Å². The first kappa shape index (κ1) is 13.4. The number of carboxylic acid groups (broad SMARTS) is 1. The van der Waals surface area contributed by atoms with Crippen LogP contribution in [0, 0.1) is 17.8 Å². The van der Waals surface area contributed by atoms with E-state index in [1.54, 1.807) is 0 Å². The Morgan fingerprint density at radius 1 is 1.22 bits per heavy atom. The molecular formula is C14H23NO3. The molecule has 102 valence electrons. The molecule has 0 heterocycles. The molecule has 0 radical (unpaired) electrons. The highest BCUT2D eigenvalue weighted by atomic mass is 16.4. The molecule has 0 aliphatic heterocycles. The van der Waals surface area contributed by atoms with Gasteiger partial charge in [-0.05, 0) is 38.5 Å². The maximum atomic E-state index is 12.1. The number of hydrogen-bond donors (Lipinski definition) is 2. The molecule has 4 nitrogen and oxygen atoms in total. The minimum absolute atomic E-state index is 0.0640. The zero-order valence-corrected chi connectivity index (χ0v) is 11.0. The van der Waals surface area contributed by atoms with Gasteiger partial charge in [-0.15, -0.1) is 0 Å². The molecule has 0 bridgehead atoms. The van der Waals surface area contributed by atoms with Gasteiger partial charge in [0.2, 0.25) is 5.91 Å². The predicted octanol–water partition coefficient (Wildman–Crippen LogP) is 2.18. The first-order valence-corrected chi connectivity index (χ1v) is 7.09. The van der Waals surface area contributed by atoms with E-state index < -0.39 is 5.97 Å². The lowest BCUT2D eigenvalue weighted by molar-refractivity contribution is -0.144. The van der Waals surface area contributed by atoms with Gasteiger partial charge in [-0.2, -0.15) is 0 Å². The lowest BCUT2D eigenvalue weighted by Gasteiger charge is -2.27. The molecule has 0 aromatic heterocycles. The van der Waals surface area contributed by atoms with Gasteiger partial charge in [-0.1, -0.05) is 19.3 Å². The number of nitrogens with one attached hydrogen (secondary N) is 1. The fraction of sp³-hybridized carbons (Fsp3) is 0.857. The molecule has 3 atom stereocenters. The summed E-state index contributed by atoms with van der Waals surface area (Å²) >= 11 is 0. The Morgan fingerprint density at radius 2 is 1.89 bits per heavy atom. The standard InChI is InChI=1S/C14H23NO3/c1-9(7-10-5-6-10)15-13(16)11-3-2-4-12(8-11)14(17)18/h9-12H,2-8H2,1H3,(H,15,16)(H,17,18). The molecule has 18 heavy (non-hydrogen) atoms. The maximum absolute atomic E-state index is 12.1. The van der Waals surface area contributed by atoms with E-state index in [2.05, 4.69) is 5.32 Å². The van der Waals surface area contributed by atoms with E-state index in [0.717, 1.165) is 31.6 Å². The van der Waals surface area contributed by atoms with Crippen molar-refractivity contribution >= 4 is 11.9 Å². The van der Waals surface area contributed by atoms with Crippen LogP contribution in [0.25, 0.3) is 0 Å². The van der Waals surface area contributed by atoms with Gasteiger partial charge in [0.05, 0.1) is 5.92 Å². The minimum atomic E-state index is -0.751. The molecule has 1 amide bonds. The van der Waals surface area contributed by atoms with Crippen molar-refractivity contribution in [2.24, 2.45) is 17.8 Å². The third-order valence-corrected chi connectivity index (χ3v) is 4.17. The third kappa shape index (κ3) is 3.72. The lowest BCUT2D eigenvalue weighted by atomic mass is 9.81. The fourth-order valence-electron chi connectivity index (χ4n) is 2.93. The van der Waals surface area contributed by atoms with Gasteiger partial charge < -0.3 is 10.4 Å². The van der Waals surface area contributed by atoms with Gasteiger partial charge in [0.1, 0.15) is 0 Å². The molecule has 0 aromatic carbocycles. The third-order valence-electron chi connectivity index (χ3n) is 4.17. The van der Waals surface area contributed by atoms with Crippen molar-refractivity contribution in [2.75, 3.05) is 0 Å². The van der Waals surface area contributed by atoms with Crippen molar-refractivity contribution < 1.29 is 14.7 Å². The van der Waals surface area contributed by atoms with Crippen LogP contribution in [-0.2, 0) is 9.59 Å². The molecule has 2 saturated carbocycles. The Bertz CT molecular complexity index is 325. The fourth-order valence-corrected chi connectivity index (χ4v) is 2.93. The van der Waals surface area contributed by atoms with Gasteiger partial charge in [-0.25, -0.2) is 0 Å². The van der Waals surface area contributed by atoms with Crippen LogP contribution in [0.3, 0.4) is 0 Å².